The first-order chi connectivity index (χ1) is 12.7. The molecule has 158 valence electrons. The van der Waals surface area contributed by atoms with E-state index < -0.39 is 0 Å². The molecule has 1 atom stereocenters. The van der Waals surface area contributed by atoms with Gasteiger partial charge in [-0.15, -0.1) is 24.0 Å². The van der Waals surface area contributed by atoms with Crippen molar-refractivity contribution in [3.05, 3.63) is 0 Å². The number of amides is 1. The summed E-state index contributed by atoms with van der Waals surface area (Å²) in [5, 5.41) is 3.48. The summed E-state index contributed by atoms with van der Waals surface area (Å²) in [6, 6.07) is 0.750. The molecule has 1 amide bonds. The van der Waals surface area contributed by atoms with Gasteiger partial charge in [0.25, 0.3) is 0 Å². The summed E-state index contributed by atoms with van der Waals surface area (Å²) >= 11 is 0. The Balaban J connectivity index is 0.00000364. The highest BCUT2D eigenvalue weighted by molar-refractivity contribution is 14.0. The van der Waals surface area contributed by atoms with Gasteiger partial charge in [0.2, 0.25) is 0 Å². The molecule has 0 aromatic heterocycles. The van der Waals surface area contributed by atoms with Crippen LogP contribution in [0.5, 0.6) is 0 Å². The molecule has 0 aromatic rings. The average molecular weight is 495 g/mol. The second-order valence-electron chi connectivity index (χ2n) is 7.23. The summed E-state index contributed by atoms with van der Waals surface area (Å²) in [5.41, 5.74) is 0. The van der Waals surface area contributed by atoms with Gasteiger partial charge in [0.15, 0.2) is 5.96 Å². The first kappa shape index (κ1) is 24.3. The fourth-order valence-corrected chi connectivity index (χ4v) is 3.78. The number of guanidine groups is 1. The molecule has 2 aliphatic rings. The molecule has 2 aliphatic heterocycles. The number of nitrogens with zero attached hydrogens (tertiary/aromatic N) is 4. The second-order valence-corrected chi connectivity index (χ2v) is 7.23. The predicted molar refractivity (Wildman–Crippen MR) is 121 cm³/mol. The maximum atomic E-state index is 11.8. The number of hydrogen-bond donors (Lipinski definition) is 1. The Kier molecular flexibility index (Phi) is 12.1. The van der Waals surface area contributed by atoms with Crippen molar-refractivity contribution in [3.8, 4) is 0 Å². The van der Waals surface area contributed by atoms with Crippen LogP contribution in [0.15, 0.2) is 4.99 Å². The van der Waals surface area contributed by atoms with Crippen molar-refractivity contribution in [2.45, 2.75) is 52.0 Å². The average Bonchev–Trinajstić information content (AvgIpc) is 2.66. The van der Waals surface area contributed by atoms with E-state index in [9.17, 15) is 4.79 Å². The van der Waals surface area contributed by atoms with Crippen LogP contribution in [-0.2, 0) is 4.74 Å². The normalized spacial score (nSPS) is 21.6. The van der Waals surface area contributed by atoms with E-state index in [1.807, 2.05) is 14.0 Å². The molecule has 0 saturated carbocycles. The van der Waals surface area contributed by atoms with E-state index in [1.165, 1.54) is 38.8 Å². The fraction of sp³-hybridized carbons (Fsp3) is 0.895. The zero-order chi connectivity index (χ0) is 18.8. The zero-order valence-electron chi connectivity index (χ0n) is 17.3. The number of piperidine rings is 1. The van der Waals surface area contributed by atoms with Gasteiger partial charge in [-0.05, 0) is 52.6 Å². The second kappa shape index (κ2) is 13.4. The Morgan fingerprint density at radius 3 is 2.44 bits per heavy atom. The molecule has 0 spiro atoms. The number of piperazine rings is 1. The van der Waals surface area contributed by atoms with Crippen molar-refractivity contribution >= 4 is 36.0 Å². The van der Waals surface area contributed by atoms with Crippen molar-refractivity contribution in [1.29, 1.82) is 0 Å². The molecule has 8 heteroatoms. The van der Waals surface area contributed by atoms with Gasteiger partial charge >= 0.3 is 6.09 Å². The number of likely N-dealkylation sites (tertiary alicyclic amines) is 1. The third-order valence-electron chi connectivity index (χ3n) is 5.41. The summed E-state index contributed by atoms with van der Waals surface area (Å²) < 4.78 is 5.07. The number of rotatable bonds is 6. The lowest BCUT2D eigenvalue weighted by Crippen LogP contribution is -2.54. The molecule has 2 saturated heterocycles. The number of carbonyl (C=O) groups excluding carboxylic acids is 1. The van der Waals surface area contributed by atoms with Gasteiger partial charge in [-0.2, -0.15) is 0 Å². The van der Waals surface area contributed by atoms with Crippen molar-refractivity contribution in [1.82, 2.24) is 20.0 Å². The van der Waals surface area contributed by atoms with Crippen LogP contribution in [0.4, 0.5) is 4.79 Å². The molecular weight excluding hydrogens is 457 g/mol. The Labute approximate surface area is 181 Å². The van der Waals surface area contributed by atoms with Gasteiger partial charge < -0.3 is 24.8 Å². The van der Waals surface area contributed by atoms with E-state index in [-0.39, 0.29) is 30.1 Å². The molecule has 2 rings (SSSR count). The third kappa shape index (κ3) is 8.01. The summed E-state index contributed by atoms with van der Waals surface area (Å²) in [5.74, 6) is 0.944. The van der Waals surface area contributed by atoms with Crippen LogP contribution >= 0.6 is 24.0 Å². The standard InChI is InChI=1S/C19H37N5O2.HI/c1-4-26-19(25)24-15-13-23(14-16-24)18(20-3)21-10-6-8-12-22-11-7-5-9-17(22)2;/h17H,4-16H2,1-3H3,(H,20,21);1H. The smallest absolute Gasteiger partial charge is 0.409 e. The monoisotopic (exact) mass is 495 g/mol. The van der Waals surface area contributed by atoms with Crippen LogP contribution in [0.2, 0.25) is 0 Å². The highest BCUT2D eigenvalue weighted by Gasteiger charge is 2.23. The van der Waals surface area contributed by atoms with E-state index in [1.54, 1.807) is 4.90 Å². The van der Waals surface area contributed by atoms with Crippen LogP contribution in [-0.4, -0.2) is 92.3 Å². The first-order valence-electron chi connectivity index (χ1n) is 10.3. The van der Waals surface area contributed by atoms with E-state index in [0.717, 1.165) is 38.1 Å². The molecule has 1 unspecified atom stereocenters. The zero-order valence-corrected chi connectivity index (χ0v) is 19.6. The lowest BCUT2D eigenvalue weighted by Gasteiger charge is -2.36. The van der Waals surface area contributed by atoms with Gasteiger partial charge in [-0.1, -0.05) is 6.42 Å². The van der Waals surface area contributed by atoms with Crippen molar-refractivity contribution in [2.24, 2.45) is 4.99 Å². The number of aliphatic imine (C=N–C) groups is 1. The van der Waals surface area contributed by atoms with Crippen LogP contribution < -0.4 is 5.32 Å². The van der Waals surface area contributed by atoms with E-state index in [0.29, 0.717) is 19.7 Å². The van der Waals surface area contributed by atoms with E-state index >= 15 is 0 Å². The summed E-state index contributed by atoms with van der Waals surface area (Å²) in [4.78, 5) is 22.8. The fourth-order valence-electron chi connectivity index (χ4n) is 3.78. The topological polar surface area (TPSA) is 60.4 Å². The number of ether oxygens (including phenoxy) is 1. The van der Waals surface area contributed by atoms with Crippen LogP contribution in [0.3, 0.4) is 0 Å². The number of carbonyl (C=O) groups is 1. The minimum atomic E-state index is -0.206. The lowest BCUT2D eigenvalue weighted by molar-refractivity contribution is 0.0914. The van der Waals surface area contributed by atoms with Crippen LogP contribution in [0, 0.1) is 0 Å². The molecular formula is C19H38IN5O2. The summed E-state index contributed by atoms with van der Waals surface area (Å²) in [6.07, 6.45) is 6.27. The van der Waals surface area contributed by atoms with Crippen molar-refractivity contribution < 1.29 is 9.53 Å². The van der Waals surface area contributed by atoms with Gasteiger partial charge in [-0.3, -0.25) is 4.99 Å². The minimum absolute atomic E-state index is 0. The Bertz CT molecular complexity index is 455. The Morgan fingerprint density at radius 2 is 1.81 bits per heavy atom. The number of hydrogen-bond acceptors (Lipinski definition) is 4. The van der Waals surface area contributed by atoms with Crippen LogP contribution in [0.25, 0.3) is 0 Å². The molecule has 2 heterocycles. The maximum absolute atomic E-state index is 11.8. The molecule has 0 aliphatic carbocycles. The predicted octanol–water partition coefficient (Wildman–Crippen LogP) is 2.61. The molecule has 7 nitrogen and oxygen atoms in total. The third-order valence-corrected chi connectivity index (χ3v) is 5.41. The molecule has 1 N–H and O–H groups in total. The number of unbranched alkanes of at least 4 members (excludes halogenated alkanes) is 1. The largest absolute Gasteiger partial charge is 0.450 e. The molecule has 0 bridgehead atoms. The van der Waals surface area contributed by atoms with Crippen molar-refractivity contribution in [2.75, 3.05) is 59.5 Å². The van der Waals surface area contributed by atoms with Gasteiger partial charge in [-0.25, -0.2) is 4.79 Å². The maximum Gasteiger partial charge on any atom is 0.409 e. The molecule has 2 fully saturated rings. The minimum Gasteiger partial charge on any atom is -0.450 e. The highest BCUT2D eigenvalue weighted by Crippen LogP contribution is 2.16. The first-order valence-corrected chi connectivity index (χ1v) is 10.3. The quantitative estimate of drug-likeness (QED) is 0.266. The Hall–Kier alpha value is -0.770. The molecule has 0 aromatic carbocycles. The molecule has 27 heavy (non-hydrogen) atoms. The highest BCUT2D eigenvalue weighted by atomic mass is 127. The SMILES string of the molecule is CCOC(=O)N1CCN(C(=NC)NCCCCN2CCCCC2C)CC1.I. The molecule has 0 radical (unpaired) electrons. The van der Waals surface area contributed by atoms with Gasteiger partial charge in [0.05, 0.1) is 6.61 Å². The summed E-state index contributed by atoms with van der Waals surface area (Å²) in [6.45, 7) is 11.0. The van der Waals surface area contributed by atoms with Gasteiger partial charge in [0.1, 0.15) is 0 Å². The van der Waals surface area contributed by atoms with Crippen LogP contribution in [0.1, 0.15) is 46.0 Å². The summed E-state index contributed by atoms with van der Waals surface area (Å²) in [7, 11) is 1.83. The lowest BCUT2D eigenvalue weighted by atomic mass is 10.0. The van der Waals surface area contributed by atoms with E-state index in [4.69, 9.17) is 4.74 Å². The number of halogens is 1. The van der Waals surface area contributed by atoms with E-state index in [2.05, 4.69) is 27.0 Å². The van der Waals surface area contributed by atoms with Gasteiger partial charge in [0, 0.05) is 45.8 Å². The number of nitrogens with one attached hydrogen (secondary N) is 1. The Morgan fingerprint density at radius 1 is 1.11 bits per heavy atom. The van der Waals surface area contributed by atoms with Crippen molar-refractivity contribution in [3.63, 3.8) is 0 Å².